The Balaban J connectivity index is 1.80. The molecule has 2 fully saturated rings. The van der Waals surface area contributed by atoms with Crippen molar-refractivity contribution in [1.82, 2.24) is 4.90 Å². The van der Waals surface area contributed by atoms with Crippen molar-refractivity contribution in [2.24, 2.45) is 11.8 Å². The summed E-state index contributed by atoms with van der Waals surface area (Å²) in [6.07, 6.45) is 4.42. The number of hydrogen-bond acceptors (Lipinski definition) is 5. The van der Waals surface area contributed by atoms with Gasteiger partial charge < -0.3 is 4.90 Å². The van der Waals surface area contributed by atoms with Crippen LogP contribution in [0.5, 0.6) is 0 Å². The van der Waals surface area contributed by atoms with Crippen molar-refractivity contribution in [2.75, 3.05) is 17.7 Å². The predicted molar refractivity (Wildman–Crippen MR) is 104 cm³/mol. The Hall–Kier alpha value is -2.22. The van der Waals surface area contributed by atoms with E-state index in [1.807, 2.05) is 13.8 Å². The zero-order valence-electron chi connectivity index (χ0n) is 16.4. The molecular weight excluding hydrogens is 380 g/mol. The number of anilines is 1. The lowest BCUT2D eigenvalue weighted by molar-refractivity contribution is -0.143. The molecule has 0 radical (unpaired) electrons. The number of sulfone groups is 1. The number of hydrogen-bond donors (Lipinski definition) is 0. The Kier molecular flexibility index (Phi) is 5.61. The van der Waals surface area contributed by atoms with Gasteiger partial charge in [0.05, 0.1) is 16.7 Å². The van der Waals surface area contributed by atoms with Crippen LogP contribution in [0.3, 0.4) is 0 Å². The molecule has 152 valence electrons. The molecule has 1 aromatic carbocycles. The standard InChI is InChI=1S/C20H26N2O5S/c1-13(2)22(14-8-10-15(11-9-14)28(3,26)27)18(23)12-21-19(24)16-6-4-5-7-17(16)20(21)25/h8-11,13,16-17H,4-7,12H2,1-3H3. The van der Waals surface area contributed by atoms with Crippen molar-refractivity contribution in [3.63, 3.8) is 0 Å². The molecule has 1 aromatic rings. The molecule has 1 saturated heterocycles. The van der Waals surface area contributed by atoms with Gasteiger partial charge in [-0.05, 0) is 51.0 Å². The van der Waals surface area contributed by atoms with E-state index in [2.05, 4.69) is 0 Å². The fourth-order valence-corrected chi connectivity index (χ4v) is 4.81. The molecule has 1 aliphatic heterocycles. The second-order valence-electron chi connectivity index (χ2n) is 7.88. The fourth-order valence-electron chi connectivity index (χ4n) is 4.18. The second kappa shape index (κ2) is 7.66. The average Bonchev–Trinajstić information content (AvgIpc) is 2.87. The van der Waals surface area contributed by atoms with E-state index in [0.29, 0.717) is 18.5 Å². The number of carbonyl (C=O) groups is 3. The summed E-state index contributed by atoms with van der Waals surface area (Å²) in [5.74, 6) is -1.40. The van der Waals surface area contributed by atoms with E-state index in [9.17, 15) is 22.8 Å². The molecule has 2 unspecified atom stereocenters. The molecule has 0 aromatic heterocycles. The highest BCUT2D eigenvalue weighted by Crippen LogP contribution is 2.38. The van der Waals surface area contributed by atoms with Gasteiger partial charge >= 0.3 is 0 Å². The quantitative estimate of drug-likeness (QED) is 0.698. The van der Waals surface area contributed by atoms with E-state index in [1.165, 1.54) is 17.0 Å². The number of likely N-dealkylation sites (tertiary alicyclic amines) is 1. The van der Waals surface area contributed by atoms with Crippen LogP contribution in [0.4, 0.5) is 5.69 Å². The number of imide groups is 1. The van der Waals surface area contributed by atoms with Crippen molar-refractivity contribution in [1.29, 1.82) is 0 Å². The lowest BCUT2D eigenvalue weighted by Gasteiger charge is -2.28. The first-order valence-electron chi connectivity index (χ1n) is 9.58. The molecule has 0 spiro atoms. The highest BCUT2D eigenvalue weighted by atomic mass is 32.2. The SMILES string of the molecule is CC(C)N(C(=O)CN1C(=O)C2CCCCC2C1=O)c1ccc(S(C)(=O)=O)cc1. The van der Waals surface area contributed by atoms with E-state index in [4.69, 9.17) is 0 Å². The molecule has 0 N–H and O–H groups in total. The summed E-state index contributed by atoms with van der Waals surface area (Å²) < 4.78 is 23.3. The van der Waals surface area contributed by atoms with Crippen LogP contribution in [0, 0.1) is 11.8 Å². The summed E-state index contributed by atoms with van der Waals surface area (Å²) in [5, 5.41) is 0. The van der Waals surface area contributed by atoms with Gasteiger partial charge in [0.25, 0.3) is 0 Å². The van der Waals surface area contributed by atoms with Crippen LogP contribution in [-0.4, -0.2) is 49.9 Å². The van der Waals surface area contributed by atoms with E-state index in [-0.39, 0.29) is 47.0 Å². The molecule has 0 bridgehead atoms. The van der Waals surface area contributed by atoms with Crippen molar-refractivity contribution in [3.8, 4) is 0 Å². The maximum atomic E-state index is 13.0. The van der Waals surface area contributed by atoms with Gasteiger partial charge in [0.2, 0.25) is 17.7 Å². The number of nitrogens with zero attached hydrogens (tertiary/aromatic N) is 2. The zero-order chi connectivity index (χ0) is 20.6. The number of rotatable bonds is 5. The second-order valence-corrected chi connectivity index (χ2v) is 9.90. The minimum atomic E-state index is -3.33. The van der Waals surface area contributed by atoms with Crippen LogP contribution in [-0.2, 0) is 24.2 Å². The van der Waals surface area contributed by atoms with Crippen LogP contribution in [0.15, 0.2) is 29.2 Å². The molecule has 2 atom stereocenters. The Morgan fingerprint density at radius 1 is 1.07 bits per heavy atom. The van der Waals surface area contributed by atoms with E-state index >= 15 is 0 Å². The molecule has 3 rings (SSSR count). The molecular formula is C20H26N2O5S. The van der Waals surface area contributed by atoms with Crippen LogP contribution >= 0.6 is 0 Å². The molecule has 3 amide bonds. The molecule has 1 heterocycles. The zero-order valence-corrected chi connectivity index (χ0v) is 17.2. The van der Waals surface area contributed by atoms with E-state index in [0.717, 1.165) is 24.0 Å². The number of carbonyl (C=O) groups excluding carboxylic acids is 3. The van der Waals surface area contributed by atoms with Crippen LogP contribution in [0.25, 0.3) is 0 Å². The van der Waals surface area contributed by atoms with Gasteiger partial charge in [0.1, 0.15) is 6.54 Å². The summed E-state index contributed by atoms with van der Waals surface area (Å²) in [7, 11) is -3.33. The summed E-state index contributed by atoms with van der Waals surface area (Å²) >= 11 is 0. The van der Waals surface area contributed by atoms with Gasteiger partial charge in [-0.3, -0.25) is 19.3 Å². The van der Waals surface area contributed by atoms with Gasteiger partial charge in [-0.2, -0.15) is 0 Å². The monoisotopic (exact) mass is 406 g/mol. The van der Waals surface area contributed by atoms with Gasteiger partial charge in [-0.15, -0.1) is 0 Å². The van der Waals surface area contributed by atoms with Crippen LogP contribution < -0.4 is 4.90 Å². The third kappa shape index (κ3) is 3.83. The van der Waals surface area contributed by atoms with Crippen molar-refractivity contribution < 1.29 is 22.8 Å². The molecule has 1 saturated carbocycles. The van der Waals surface area contributed by atoms with Crippen molar-refractivity contribution >= 4 is 33.2 Å². The maximum absolute atomic E-state index is 13.0. The molecule has 8 heteroatoms. The predicted octanol–water partition coefficient (Wildman–Crippen LogP) is 2.01. The highest BCUT2D eigenvalue weighted by molar-refractivity contribution is 7.90. The Morgan fingerprint density at radius 3 is 2.00 bits per heavy atom. The maximum Gasteiger partial charge on any atom is 0.247 e. The lowest BCUT2D eigenvalue weighted by Crippen LogP contribution is -2.46. The summed E-state index contributed by atoms with van der Waals surface area (Å²) in [6, 6.07) is 5.83. The summed E-state index contributed by atoms with van der Waals surface area (Å²) in [4.78, 5) is 41.0. The molecule has 7 nitrogen and oxygen atoms in total. The van der Waals surface area contributed by atoms with Gasteiger partial charge in [-0.1, -0.05) is 12.8 Å². The molecule has 1 aliphatic carbocycles. The normalized spacial score (nSPS) is 22.5. The van der Waals surface area contributed by atoms with Crippen molar-refractivity contribution in [2.45, 2.75) is 50.5 Å². The lowest BCUT2D eigenvalue weighted by atomic mass is 9.81. The third-order valence-electron chi connectivity index (χ3n) is 5.55. The smallest absolute Gasteiger partial charge is 0.247 e. The minimum Gasteiger partial charge on any atom is -0.308 e. The Morgan fingerprint density at radius 2 is 1.57 bits per heavy atom. The van der Waals surface area contributed by atoms with Gasteiger partial charge in [-0.25, -0.2) is 8.42 Å². The largest absolute Gasteiger partial charge is 0.308 e. The number of fused-ring (bicyclic) bond motifs is 1. The Bertz CT molecular complexity index is 868. The topological polar surface area (TPSA) is 91.8 Å². The average molecular weight is 407 g/mol. The highest BCUT2D eigenvalue weighted by Gasteiger charge is 2.48. The van der Waals surface area contributed by atoms with Gasteiger partial charge in [0.15, 0.2) is 9.84 Å². The summed E-state index contributed by atoms with van der Waals surface area (Å²) in [6.45, 7) is 3.38. The van der Waals surface area contributed by atoms with Crippen LogP contribution in [0.1, 0.15) is 39.5 Å². The van der Waals surface area contributed by atoms with E-state index in [1.54, 1.807) is 12.1 Å². The number of amides is 3. The third-order valence-corrected chi connectivity index (χ3v) is 6.68. The van der Waals surface area contributed by atoms with Gasteiger partial charge in [0, 0.05) is 18.0 Å². The van der Waals surface area contributed by atoms with E-state index < -0.39 is 9.84 Å². The Labute approximate surface area is 165 Å². The molecule has 28 heavy (non-hydrogen) atoms. The first kappa shape index (κ1) is 20.5. The van der Waals surface area contributed by atoms with Crippen molar-refractivity contribution in [3.05, 3.63) is 24.3 Å². The number of benzene rings is 1. The first-order chi connectivity index (χ1) is 13.1. The first-order valence-corrected chi connectivity index (χ1v) is 11.5. The van der Waals surface area contributed by atoms with Crippen LogP contribution in [0.2, 0.25) is 0 Å². The minimum absolute atomic E-state index is 0.168. The summed E-state index contributed by atoms with van der Waals surface area (Å²) in [5.41, 5.74) is 0.531. The fraction of sp³-hybridized carbons (Fsp3) is 0.550. The molecule has 2 aliphatic rings.